The van der Waals surface area contributed by atoms with E-state index in [4.69, 9.17) is 10.7 Å². The van der Waals surface area contributed by atoms with Crippen LogP contribution in [0.4, 0.5) is 31.5 Å². The van der Waals surface area contributed by atoms with Crippen LogP contribution in [0.5, 0.6) is 0 Å². The molecule has 0 fully saturated rings. The third kappa shape index (κ3) is 8.44. The molecule has 0 spiro atoms. The Morgan fingerprint density at radius 3 is 1.67 bits per heavy atom. The number of amides is 2. The molecule has 0 aliphatic carbocycles. The molecule has 3 heterocycles. The first-order chi connectivity index (χ1) is 20.8. The lowest BCUT2D eigenvalue weighted by molar-refractivity contribution is -0.186. The van der Waals surface area contributed by atoms with E-state index >= 15 is 0 Å². The fourth-order valence-corrected chi connectivity index (χ4v) is 7.18. The Kier molecular flexibility index (Phi) is 9.77. The van der Waals surface area contributed by atoms with Crippen molar-refractivity contribution < 1.29 is 52.8 Å². The van der Waals surface area contributed by atoms with Gasteiger partial charge in [0.15, 0.2) is 5.13 Å². The Morgan fingerprint density at radius 2 is 1.24 bits per heavy atom. The summed E-state index contributed by atoms with van der Waals surface area (Å²) in [6.07, 6.45) is -7.98. The number of thiazole rings is 1. The number of fused-ring (bicyclic) bond motifs is 2. The number of hydrogen-bond acceptors (Lipinski definition) is 8. The summed E-state index contributed by atoms with van der Waals surface area (Å²) in [6.45, 7) is -0.685. The number of carbonyl (C=O) groups excluding carboxylic acids is 2. The molecule has 45 heavy (non-hydrogen) atoms. The van der Waals surface area contributed by atoms with Gasteiger partial charge in [0.05, 0.1) is 9.79 Å². The molecule has 0 unspecified atom stereocenters. The number of carbonyl (C=O) groups is 2. The summed E-state index contributed by atoms with van der Waals surface area (Å²) in [4.78, 5) is 27.4. The van der Waals surface area contributed by atoms with E-state index in [1.165, 1.54) is 36.5 Å². The largest absolute Gasteiger partial charge is 0.471 e. The van der Waals surface area contributed by atoms with Crippen LogP contribution in [-0.4, -0.2) is 68.9 Å². The second-order valence-electron chi connectivity index (χ2n) is 9.69. The average Bonchev–Trinajstić information content (AvgIpc) is 3.46. The first kappa shape index (κ1) is 34.5. The quantitative estimate of drug-likeness (QED) is 0.311. The van der Waals surface area contributed by atoms with E-state index in [9.17, 15) is 52.8 Å². The second kappa shape index (κ2) is 12.8. The topological polar surface area (TPSA) is 134 Å². The Bertz CT molecular complexity index is 1820. The van der Waals surface area contributed by atoms with Crippen molar-refractivity contribution in [1.82, 2.24) is 14.8 Å². The molecule has 244 valence electrons. The zero-order valence-corrected chi connectivity index (χ0v) is 25.7. The van der Waals surface area contributed by atoms with Crippen molar-refractivity contribution >= 4 is 58.0 Å². The minimum absolute atomic E-state index is 0.0572. The SMILES string of the molecule is O=C(N1CCc2ccc(S(=O)(=O)Cl)cc2C1)C(F)(F)F.O=C(N1CCc2ccc(S(=O)(=O)Nc3nccs3)cc2C1)C(F)(F)F. The van der Waals surface area contributed by atoms with Crippen molar-refractivity contribution in [3.8, 4) is 0 Å². The molecule has 2 aromatic carbocycles. The highest BCUT2D eigenvalue weighted by molar-refractivity contribution is 8.13. The van der Waals surface area contributed by atoms with Gasteiger partial charge >= 0.3 is 24.2 Å². The van der Waals surface area contributed by atoms with E-state index in [2.05, 4.69) is 9.71 Å². The summed E-state index contributed by atoms with van der Waals surface area (Å²) in [6, 6.07) is 8.23. The maximum Gasteiger partial charge on any atom is 0.471 e. The normalized spacial score (nSPS) is 15.4. The highest BCUT2D eigenvalue weighted by Crippen LogP contribution is 2.29. The highest BCUT2D eigenvalue weighted by Gasteiger charge is 2.44. The number of anilines is 1. The Morgan fingerprint density at radius 1 is 0.778 bits per heavy atom. The monoisotopic (exact) mass is 718 g/mol. The van der Waals surface area contributed by atoms with Crippen LogP contribution in [-0.2, 0) is 54.6 Å². The van der Waals surface area contributed by atoms with Gasteiger partial charge in [0.25, 0.3) is 19.1 Å². The standard InChI is InChI=1S/C14H12F3N3O3S2.C11H9ClF3NO3S/c15-14(16,17)12(21)20-5-3-9-1-2-11(7-10(9)8-20)25(22,23)19-13-18-4-6-24-13;12-20(18,19)9-2-1-7-3-4-16(6-8(7)5-9)10(17)11(13,14)15/h1-2,4,6-7H,3,5,8H2,(H,18,19);1-2,5H,3-4,6H2. The third-order valence-electron chi connectivity index (χ3n) is 6.69. The number of aromatic nitrogens is 1. The van der Waals surface area contributed by atoms with Crippen LogP contribution in [0.1, 0.15) is 22.3 Å². The van der Waals surface area contributed by atoms with E-state index in [-0.39, 0.29) is 53.9 Å². The number of benzene rings is 2. The van der Waals surface area contributed by atoms with Gasteiger partial charge in [-0.05, 0) is 59.4 Å². The van der Waals surface area contributed by atoms with Crippen molar-refractivity contribution in [1.29, 1.82) is 0 Å². The van der Waals surface area contributed by atoms with Crippen molar-refractivity contribution in [3.05, 3.63) is 70.2 Å². The summed E-state index contributed by atoms with van der Waals surface area (Å²) in [5.74, 6) is -3.85. The number of alkyl halides is 6. The first-order valence-corrected chi connectivity index (χ1v) is 17.3. The zero-order valence-electron chi connectivity index (χ0n) is 22.5. The molecule has 20 heteroatoms. The lowest BCUT2D eigenvalue weighted by Crippen LogP contribution is -2.43. The van der Waals surface area contributed by atoms with Crippen LogP contribution in [0.3, 0.4) is 0 Å². The molecule has 5 rings (SSSR count). The Hall–Kier alpha value is -3.42. The number of sulfonamides is 1. The molecule has 2 amide bonds. The van der Waals surface area contributed by atoms with Crippen molar-refractivity contribution in [2.45, 2.75) is 48.1 Å². The maximum absolute atomic E-state index is 12.6. The molecule has 3 aromatic rings. The van der Waals surface area contributed by atoms with Gasteiger partial charge in [0.1, 0.15) is 0 Å². The molecule has 1 aromatic heterocycles. The summed E-state index contributed by atoms with van der Waals surface area (Å²) in [5, 5.41) is 1.79. The van der Waals surface area contributed by atoms with E-state index in [1.54, 1.807) is 11.4 Å². The Labute approximate surface area is 261 Å². The van der Waals surface area contributed by atoms with E-state index < -0.39 is 43.2 Å². The van der Waals surface area contributed by atoms with Crippen molar-refractivity contribution in [2.24, 2.45) is 0 Å². The minimum Gasteiger partial charge on any atom is -0.330 e. The fourth-order valence-electron chi connectivity index (χ4n) is 4.54. The first-order valence-electron chi connectivity index (χ1n) is 12.6. The van der Waals surface area contributed by atoms with Crippen molar-refractivity contribution in [2.75, 3.05) is 17.8 Å². The molecule has 10 nitrogen and oxygen atoms in total. The predicted molar refractivity (Wildman–Crippen MR) is 149 cm³/mol. The minimum atomic E-state index is -4.95. The lowest BCUT2D eigenvalue weighted by Gasteiger charge is -2.29. The molecular formula is C25H21ClF6N4O6S3. The van der Waals surface area contributed by atoms with E-state index in [0.29, 0.717) is 26.5 Å². The number of rotatable bonds is 4. The molecule has 0 saturated carbocycles. The van der Waals surface area contributed by atoms with Gasteiger partial charge in [0, 0.05) is 48.4 Å². The highest BCUT2D eigenvalue weighted by atomic mass is 35.7. The second-order valence-corrected chi connectivity index (χ2v) is 14.8. The van der Waals surface area contributed by atoms with Gasteiger partial charge in [-0.1, -0.05) is 12.1 Å². The van der Waals surface area contributed by atoms with E-state index in [0.717, 1.165) is 16.9 Å². The van der Waals surface area contributed by atoms with Gasteiger partial charge in [0.2, 0.25) is 0 Å². The van der Waals surface area contributed by atoms with Crippen LogP contribution in [0, 0.1) is 0 Å². The van der Waals surface area contributed by atoms with Crippen molar-refractivity contribution in [3.63, 3.8) is 0 Å². The Balaban J connectivity index is 0.000000210. The smallest absolute Gasteiger partial charge is 0.330 e. The summed E-state index contributed by atoms with van der Waals surface area (Å²) >= 11 is 1.10. The summed E-state index contributed by atoms with van der Waals surface area (Å²) in [7, 11) is -2.68. The van der Waals surface area contributed by atoms with E-state index in [1.807, 2.05) is 0 Å². The van der Waals surface area contributed by atoms with Crippen LogP contribution in [0.15, 0.2) is 57.8 Å². The van der Waals surface area contributed by atoms with Gasteiger partial charge in [-0.2, -0.15) is 26.3 Å². The fraction of sp³-hybridized carbons (Fsp3) is 0.320. The van der Waals surface area contributed by atoms with Crippen LogP contribution < -0.4 is 4.72 Å². The summed E-state index contributed by atoms with van der Waals surface area (Å²) < 4.78 is 124. The number of hydrogen-bond donors (Lipinski definition) is 1. The molecule has 0 radical (unpaired) electrons. The number of halogens is 7. The lowest BCUT2D eigenvalue weighted by atomic mass is 10.00. The van der Waals surface area contributed by atoms with Crippen LogP contribution in [0.2, 0.25) is 0 Å². The van der Waals surface area contributed by atoms with Gasteiger partial charge < -0.3 is 9.80 Å². The molecule has 2 aliphatic rings. The predicted octanol–water partition coefficient (Wildman–Crippen LogP) is 4.45. The van der Waals surface area contributed by atoms with Gasteiger partial charge in [-0.25, -0.2) is 21.8 Å². The van der Waals surface area contributed by atoms with Crippen LogP contribution in [0.25, 0.3) is 0 Å². The average molecular weight is 719 g/mol. The zero-order chi connectivity index (χ0) is 33.4. The molecule has 0 bridgehead atoms. The number of nitrogens with one attached hydrogen (secondary N) is 1. The van der Waals surface area contributed by atoms with Gasteiger partial charge in [-0.15, -0.1) is 11.3 Å². The molecule has 1 N–H and O–H groups in total. The maximum atomic E-state index is 12.6. The van der Waals surface area contributed by atoms with Crippen LogP contribution >= 0.6 is 22.0 Å². The number of nitrogens with zero attached hydrogens (tertiary/aromatic N) is 3. The third-order valence-corrected chi connectivity index (χ3v) is 10.2. The van der Waals surface area contributed by atoms with Gasteiger partial charge in [-0.3, -0.25) is 14.3 Å². The summed E-state index contributed by atoms with van der Waals surface area (Å²) in [5.41, 5.74) is 2.17. The molecular weight excluding hydrogens is 698 g/mol. The molecule has 0 saturated heterocycles. The molecule has 0 atom stereocenters. The molecule has 2 aliphatic heterocycles.